The molecule has 336 valence electrons. The first-order valence-corrected chi connectivity index (χ1v) is 22.0. The quantitative estimate of drug-likeness (QED) is 0.0493. The van der Waals surface area contributed by atoms with Crippen molar-refractivity contribution in [3.63, 3.8) is 0 Å². The third-order valence-corrected chi connectivity index (χ3v) is 12.3. The second-order valence-electron chi connectivity index (χ2n) is 16.5. The van der Waals surface area contributed by atoms with Crippen molar-refractivity contribution in [3.8, 4) is 124 Å². The van der Waals surface area contributed by atoms with Crippen molar-refractivity contribution in [1.82, 2.24) is 0 Å². The van der Waals surface area contributed by atoms with Crippen molar-refractivity contribution < 1.29 is 40.9 Å². The highest BCUT2D eigenvalue weighted by Gasteiger charge is 2.35. The van der Waals surface area contributed by atoms with Gasteiger partial charge in [0.2, 0.25) is 0 Å². The lowest BCUT2D eigenvalue weighted by Gasteiger charge is -2.30. The molecule has 69 heavy (non-hydrogen) atoms. The highest BCUT2D eigenvalue weighted by molar-refractivity contribution is 6.00. The minimum Gasteiger partial charge on any atom is -0.504 e. The zero-order valence-corrected chi connectivity index (χ0v) is 36.7. The fourth-order valence-corrected chi connectivity index (χ4v) is 8.87. The van der Waals surface area contributed by atoms with Gasteiger partial charge in [-0.15, -0.1) is 0 Å². The largest absolute Gasteiger partial charge is 0.504 e. The number of nitrogens with zero attached hydrogens (tertiary/aromatic N) is 1. The summed E-state index contributed by atoms with van der Waals surface area (Å²) in [7, 11) is 0. The van der Waals surface area contributed by atoms with Gasteiger partial charge in [0.25, 0.3) is 0 Å². The van der Waals surface area contributed by atoms with Crippen LogP contribution in [0.3, 0.4) is 0 Å². The van der Waals surface area contributed by atoms with Crippen molar-refractivity contribution in [2.24, 2.45) is 0 Å². The maximum Gasteiger partial charge on any atom is 0.186 e. The molecule has 0 amide bonds. The first-order chi connectivity index (χ1) is 33.6. The van der Waals surface area contributed by atoms with Gasteiger partial charge in [-0.25, -0.2) is 0 Å². The number of phenolic OH excluding ortho intramolecular Hbond substituents is 8. The molecule has 0 aliphatic rings. The molecule has 0 unspecified atom stereocenters. The Bertz CT molecular complexity index is 3240. The van der Waals surface area contributed by atoms with E-state index >= 15 is 0 Å². The summed E-state index contributed by atoms with van der Waals surface area (Å²) in [5, 5.41) is 93.5. The van der Waals surface area contributed by atoms with Gasteiger partial charge >= 0.3 is 0 Å². The number of hydrogen-bond donors (Lipinski definition) is 8. The number of benzene rings is 10. The van der Waals surface area contributed by atoms with E-state index in [1.807, 2.05) is 48.5 Å². The second kappa shape index (κ2) is 18.0. The van der Waals surface area contributed by atoms with Crippen LogP contribution in [0.5, 0.6) is 46.0 Å². The van der Waals surface area contributed by atoms with E-state index in [2.05, 4.69) is 78.9 Å². The minimum atomic E-state index is -0.953. The summed E-state index contributed by atoms with van der Waals surface area (Å²) in [6.07, 6.45) is 0. The molecule has 0 saturated heterocycles. The molecule has 8 N–H and O–H groups in total. The minimum absolute atomic E-state index is 0.0509. The molecular weight excluding hydrogens is 863 g/mol. The Morgan fingerprint density at radius 2 is 0.449 bits per heavy atom. The number of rotatable bonds is 10. The van der Waals surface area contributed by atoms with Crippen LogP contribution >= 0.6 is 0 Å². The van der Waals surface area contributed by atoms with E-state index in [1.165, 1.54) is 0 Å². The molecule has 9 nitrogen and oxygen atoms in total. The zero-order chi connectivity index (χ0) is 47.8. The SMILES string of the molecule is Oc1c(O)c(N(c2ccc(-c3cc(-c4cccc(-c5ccccc5)c4)cc(-c4cccc(-c5ccccc5)c4)c3)cc2)c2c(O)c(O)c(-c3ccccc3)c(O)c2O)c(O)c(O)c1-c1ccccc1. The van der Waals surface area contributed by atoms with Crippen molar-refractivity contribution >= 4 is 17.1 Å². The Balaban J connectivity index is 1.15. The van der Waals surface area contributed by atoms with Gasteiger partial charge in [-0.05, 0) is 109 Å². The molecule has 0 saturated carbocycles. The van der Waals surface area contributed by atoms with Crippen LogP contribution in [0.1, 0.15) is 0 Å². The predicted molar refractivity (Wildman–Crippen MR) is 272 cm³/mol. The third kappa shape index (κ3) is 8.00. The molecule has 0 fully saturated rings. The fraction of sp³-hybridized carbons (Fsp3) is 0. The van der Waals surface area contributed by atoms with E-state index < -0.39 is 57.4 Å². The van der Waals surface area contributed by atoms with E-state index in [0.717, 1.165) is 60.5 Å². The lowest BCUT2D eigenvalue weighted by molar-refractivity contribution is 0.372. The van der Waals surface area contributed by atoms with Gasteiger partial charge < -0.3 is 40.9 Å². The summed E-state index contributed by atoms with van der Waals surface area (Å²) in [5.41, 5.74) is 8.26. The maximum atomic E-state index is 11.8. The molecule has 0 bridgehead atoms. The van der Waals surface area contributed by atoms with Crippen molar-refractivity contribution in [3.05, 3.63) is 212 Å². The van der Waals surface area contributed by atoms with Gasteiger partial charge in [-0.1, -0.05) is 170 Å². The second-order valence-corrected chi connectivity index (χ2v) is 16.5. The molecule has 9 heteroatoms. The Labute approximate surface area is 397 Å². The summed E-state index contributed by atoms with van der Waals surface area (Å²) < 4.78 is 0. The smallest absolute Gasteiger partial charge is 0.186 e. The molecular formula is C60H43NO8. The first kappa shape index (κ1) is 43.3. The number of aromatic hydroxyl groups is 8. The summed E-state index contributed by atoms with van der Waals surface area (Å²) in [4.78, 5) is 0.938. The Hall–Kier alpha value is -9.60. The normalized spacial score (nSPS) is 11.1. The molecule has 10 aromatic rings. The van der Waals surface area contributed by atoms with Crippen molar-refractivity contribution in [2.45, 2.75) is 0 Å². The monoisotopic (exact) mass is 905 g/mol. The van der Waals surface area contributed by atoms with E-state index in [0.29, 0.717) is 0 Å². The molecule has 0 spiro atoms. The van der Waals surface area contributed by atoms with Crippen LogP contribution in [0.2, 0.25) is 0 Å². The molecule has 0 aliphatic heterocycles. The van der Waals surface area contributed by atoms with Gasteiger partial charge in [0.05, 0.1) is 11.1 Å². The lowest BCUT2D eigenvalue weighted by Crippen LogP contribution is -2.12. The molecule has 0 heterocycles. The van der Waals surface area contributed by atoms with Gasteiger partial charge in [-0.3, -0.25) is 4.90 Å². The average Bonchev–Trinajstić information content (AvgIpc) is 3.40. The zero-order valence-electron chi connectivity index (χ0n) is 36.7. The Morgan fingerprint density at radius 1 is 0.203 bits per heavy atom. The van der Waals surface area contributed by atoms with E-state index in [9.17, 15) is 40.9 Å². The van der Waals surface area contributed by atoms with Crippen LogP contribution in [0, 0.1) is 0 Å². The van der Waals surface area contributed by atoms with Crippen LogP contribution < -0.4 is 4.90 Å². The van der Waals surface area contributed by atoms with Gasteiger partial charge in [0, 0.05) is 5.69 Å². The third-order valence-electron chi connectivity index (χ3n) is 12.3. The van der Waals surface area contributed by atoms with Crippen LogP contribution in [-0.4, -0.2) is 40.9 Å². The molecule has 0 aromatic heterocycles. The van der Waals surface area contributed by atoms with Crippen LogP contribution in [0.15, 0.2) is 212 Å². The average molecular weight is 906 g/mol. The molecule has 0 aliphatic carbocycles. The summed E-state index contributed by atoms with van der Waals surface area (Å²) in [5.74, 6) is -7.15. The Morgan fingerprint density at radius 3 is 0.783 bits per heavy atom. The molecule has 0 atom stereocenters. The van der Waals surface area contributed by atoms with E-state index in [1.54, 1.807) is 84.9 Å². The van der Waals surface area contributed by atoms with Crippen LogP contribution in [0.4, 0.5) is 17.1 Å². The topological polar surface area (TPSA) is 165 Å². The molecule has 10 rings (SSSR count). The van der Waals surface area contributed by atoms with Gasteiger partial charge in [-0.2, -0.15) is 0 Å². The fourth-order valence-electron chi connectivity index (χ4n) is 8.87. The van der Waals surface area contributed by atoms with Gasteiger partial charge in [0.15, 0.2) is 46.0 Å². The molecule has 10 aromatic carbocycles. The molecule has 0 radical (unpaired) electrons. The summed E-state index contributed by atoms with van der Waals surface area (Å²) in [6, 6.07) is 66.1. The summed E-state index contributed by atoms with van der Waals surface area (Å²) in [6.45, 7) is 0. The maximum absolute atomic E-state index is 11.8. The standard InChI is InChI=1S/C60H43NO8/c62-53-49(39-19-9-3-10-20-39)54(63)58(67)51(57(53)66)61(52-59(68)55(64)50(56(65)60(52)69)40-21-11-4-12-22-40)48-29-27-38(28-30-48)45-33-46(43-25-13-23-41(31-43)36-15-5-1-6-16-36)35-47(34-45)44-26-14-24-42(32-44)37-17-7-2-8-18-37/h1-35,62-69H. The van der Waals surface area contributed by atoms with Crippen LogP contribution in [-0.2, 0) is 0 Å². The highest BCUT2D eigenvalue weighted by Crippen LogP contribution is 2.63. The van der Waals surface area contributed by atoms with Crippen LogP contribution in [0.25, 0.3) is 77.9 Å². The Kier molecular flexibility index (Phi) is 11.3. The number of phenols is 8. The van der Waals surface area contributed by atoms with E-state index in [-0.39, 0.29) is 27.9 Å². The predicted octanol–water partition coefficient (Wildman–Crippen LogP) is 14.5. The summed E-state index contributed by atoms with van der Waals surface area (Å²) >= 11 is 0. The van der Waals surface area contributed by atoms with E-state index in [4.69, 9.17) is 0 Å². The number of anilines is 3. The lowest BCUT2D eigenvalue weighted by atomic mass is 9.91. The first-order valence-electron chi connectivity index (χ1n) is 22.0. The highest BCUT2D eigenvalue weighted by atomic mass is 16.3. The van der Waals surface area contributed by atoms with Gasteiger partial charge in [0.1, 0.15) is 11.4 Å². The number of hydrogen-bond acceptors (Lipinski definition) is 9. The van der Waals surface area contributed by atoms with Crippen molar-refractivity contribution in [1.29, 1.82) is 0 Å². The van der Waals surface area contributed by atoms with Crippen molar-refractivity contribution in [2.75, 3.05) is 4.90 Å².